The summed E-state index contributed by atoms with van der Waals surface area (Å²) in [7, 11) is 1.48. The monoisotopic (exact) mass is 353 g/mol. The second-order valence-corrected chi connectivity index (χ2v) is 5.81. The Bertz CT molecular complexity index is 929. The van der Waals surface area contributed by atoms with Crippen LogP contribution >= 0.6 is 0 Å². The van der Waals surface area contributed by atoms with Crippen LogP contribution in [0.25, 0.3) is 5.76 Å². The first-order chi connectivity index (χ1) is 12.4. The minimum absolute atomic E-state index is 0.0910. The van der Waals surface area contributed by atoms with E-state index < -0.39 is 34.7 Å². The summed E-state index contributed by atoms with van der Waals surface area (Å²) in [5, 5.41) is 21.8. The third-order valence-electron chi connectivity index (χ3n) is 4.33. The molecule has 0 bridgehead atoms. The number of methoxy groups -OCH3 is 1. The molecule has 0 spiro atoms. The van der Waals surface area contributed by atoms with Gasteiger partial charge in [-0.15, -0.1) is 0 Å². The lowest BCUT2D eigenvalue weighted by atomic mass is 9.79. The van der Waals surface area contributed by atoms with Gasteiger partial charge in [0.15, 0.2) is 0 Å². The van der Waals surface area contributed by atoms with Crippen LogP contribution < -0.4 is 4.74 Å². The average molecular weight is 353 g/mol. The molecule has 0 fully saturated rings. The normalized spacial score (nSPS) is 14.8. The standard InChI is InChI=1S/C19H15NO6/c1-26-12-8-6-11(7-9-12)15(10-20(24)25)16-17(21)13-4-2-3-5-14(13)18(22)19(16)23/h2-9,15,21H,10H2,1H3/t15-/m1/s1. The molecular formula is C19H15NO6. The lowest BCUT2D eigenvalue weighted by molar-refractivity contribution is -0.481. The molecule has 0 aromatic heterocycles. The maximum atomic E-state index is 12.6. The zero-order valence-electron chi connectivity index (χ0n) is 13.8. The Morgan fingerprint density at radius 3 is 2.23 bits per heavy atom. The van der Waals surface area contributed by atoms with Crippen LogP contribution in [-0.2, 0) is 4.79 Å². The van der Waals surface area contributed by atoms with Crippen molar-refractivity contribution in [2.45, 2.75) is 5.92 Å². The number of Topliss-reactive ketones (excluding diaryl/α,β-unsaturated/α-hetero) is 2. The number of ketones is 2. The summed E-state index contributed by atoms with van der Waals surface area (Å²) in [5.74, 6) is -2.61. The summed E-state index contributed by atoms with van der Waals surface area (Å²) in [5.41, 5.74) is 0.474. The number of ether oxygens (including phenoxy) is 1. The third-order valence-corrected chi connectivity index (χ3v) is 4.33. The predicted octanol–water partition coefficient (Wildman–Crippen LogP) is 2.79. The number of aliphatic hydroxyl groups is 1. The number of nitrogens with zero attached hydrogens (tertiary/aromatic N) is 1. The lowest BCUT2D eigenvalue weighted by Gasteiger charge is -2.22. The molecule has 7 heteroatoms. The number of benzene rings is 2. The first-order valence-corrected chi connectivity index (χ1v) is 7.81. The van der Waals surface area contributed by atoms with Gasteiger partial charge in [-0.1, -0.05) is 36.4 Å². The van der Waals surface area contributed by atoms with E-state index in [-0.39, 0.29) is 16.7 Å². The molecule has 7 nitrogen and oxygen atoms in total. The van der Waals surface area contributed by atoms with Gasteiger partial charge in [-0.2, -0.15) is 0 Å². The maximum Gasteiger partial charge on any atom is 0.234 e. The number of carbonyl (C=O) groups is 2. The molecule has 0 aliphatic heterocycles. The van der Waals surface area contributed by atoms with Crippen LogP contribution in [0.2, 0.25) is 0 Å². The first-order valence-electron chi connectivity index (χ1n) is 7.81. The molecule has 26 heavy (non-hydrogen) atoms. The Morgan fingerprint density at radius 1 is 1.04 bits per heavy atom. The highest BCUT2D eigenvalue weighted by Gasteiger charge is 2.39. The largest absolute Gasteiger partial charge is 0.507 e. The van der Waals surface area contributed by atoms with E-state index in [2.05, 4.69) is 0 Å². The highest BCUT2D eigenvalue weighted by molar-refractivity contribution is 6.52. The second kappa shape index (κ2) is 6.79. The summed E-state index contributed by atoms with van der Waals surface area (Å²) in [6.45, 7) is -0.632. The summed E-state index contributed by atoms with van der Waals surface area (Å²) in [6.07, 6.45) is 0. The topological polar surface area (TPSA) is 107 Å². The Kier molecular flexibility index (Phi) is 4.53. The number of rotatable bonds is 5. The molecule has 1 aliphatic rings. The lowest BCUT2D eigenvalue weighted by Crippen LogP contribution is -2.30. The van der Waals surface area contributed by atoms with Crippen molar-refractivity contribution >= 4 is 17.3 Å². The van der Waals surface area contributed by atoms with Gasteiger partial charge in [-0.3, -0.25) is 19.7 Å². The van der Waals surface area contributed by atoms with Gasteiger partial charge in [-0.05, 0) is 17.7 Å². The van der Waals surface area contributed by atoms with Crippen LogP contribution in [0.4, 0.5) is 0 Å². The molecule has 2 aromatic rings. The highest BCUT2D eigenvalue weighted by Crippen LogP contribution is 2.36. The molecule has 1 atom stereocenters. The number of aliphatic hydroxyl groups excluding tert-OH is 1. The molecule has 0 saturated heterocycles. The fourth-order valence-corrected chi connectivity index (χ4v) is 3.06. The molecule has 2 aromatic carbocycles. The van der Waals surface area contributed by atoms with Gasteiger partial charge < -0.3 is 9.84 Å². The van der Waals surface area contributed by atoms with Crippen LogP contribution in [0.5, 0.6) is 5.75 Å². The Balaban J connectivity index is 2.17. The Labute approximate surface area is 148 Å². The van der Waals surface area contributed by atoms with E-state index in [0.29, 0.717) is 11.3 Å². The second-order valence-electron chi connectivity index (χ2n) is 5.81. The molecule has 0 unspecified atom stereocenters. The van der Waals surface area contributed by atoms with Gasteiger partial charge in [0.1, 0.15) is 11.5 Å². The van der Waals surface area contributed by atoms with Crippen LogP contribution in [0, 0.1) is 10.1 Å². The van der Waals surface area contributed by atoms with E-state index in [4.69, 9.17) is 4.74 Å². The fraction of sp³-hybridized carbons (Fsp3) is 0.158. The highest BCUT2D eigenvalue weighted by atomic mass is 16.6. The van der Waals surface area contributed by atoms with Crippen molar-refractivity contribution in [1.29, 1.82) is 0 Å². The quantitative estimate of drug-likeness (QED) is 0.503. The molecule has 0 amide bonds. The Morgan fingerprint density at radius 2 is 1.65 bits per heavy atom. The predicted molar refractivity (Wildman–Crippen MR) is 92.9 cm³/mol. The molecule has 0 heterocycles. The average Bonchev–Trinajstić information content (AvgIpc) is 2.65. The molecule has 0 radical (unpaired) electrons. The summed E-state index contributed by atoms with van der Waals surface area (Å²) in [6, 6.07) is 12.5. The van der Waals surface area contributed by atoms with Gasteiger partial charge in [0, 0.05) is 16.1 Å². The summed E-state index contributed by atoms with van der Waals surface area (Å²) >= 11 is 0. The van der Waals surface area contributed by atoms with Crippen LogP contribution in [0.15, 0.2) is 54.1 Å². The third kappa shape index (κ3) is 2.95. The van der Waals surface area contributed by atoms with Gasteiger partial charge >= 0.3 is 0 Å². The zero-order valence-corrected chi connectivity index (χ0v) is 13.8. The Hall–Kier alpha value is -3.48. The van der Waals surface area contributed by atoms with E-state index in [1.165, 1.54) is 19.2 Å². The van der Waals surface area contributed by atoms with Crippen LogP contribution in [-0.4, -0.2) is 35.3 Å². The van der Waals surface area contributed by atoms with Crippen molar-refractivity contribution in [3.63, 3.8) is 0 Å². The first kappa shape index (κ1) is 17.3. The fourth-order valence-electron chi connectivity index (χ4n) is 3.06. The molecule has 132 valence electrons. The molecule has 1 aliphatic carbocycles. The minimum Gasteiger partial charge on any atom is -0.507 e. The number of fused-ring (bicyclic) bond motifs is 1. The van der Waals surface area contributed by atoms with Gasteiger partial charge in [0.05, 0.1) is 18.6 Å². The van der Waals surface area contributed by atoms with Crippen molar-refractivity contribution in [3.05, 3.63) is 80.9 Å². The van der Waals surface area contributed by atoms with Gasteiger partial charge in [0.25, 0.3) is 0 Å². The van der Waals surface area contributed by atoms with Crippen molar-refractivity contribution in [1.82, 2.24) is 0 Å². The number of nitro groups is 1. The van der Waals surface area contributed by atoms with E-state index in [9.17, 15) is 24.8 Å². The van der Waals surface area contributed by atoms with Crippen LogP contribution in [0.1, 0.15) is 27.4 Å². The minimum atomic E-state index is -1.05. The van der Waals surface area contributed by atoms with E-state index in [0.717, 1.165) is 0 Å². The summed E-state index contributed by atoms with van der Waals surface area (Å²) < 4.78 is 5.06. The number of carbonyl (C=O) groups excluding carboxylic acids is 2. The SMILES string of the molecule is COc1ccc([C@@H](C[N+](=O)[O-])C2=C(O)c3ccccc3C(=O)C2=O)cc1. The molecule has 1 N–H and O–H groups in total. The van der Waals surface area contributed by atoms with Crippen molar-refractivity contribution in [2.75, 3.05) is 13.7 Å². The van der Waals surface area contributed by atoms with Crippen molar-refractivity contribution < 1.29 is 24.4 Å². The smallest absolute Gasteiger partial charge is 0.234 e. The number of hydrogen-bond acceptors (Lipinski definition) is 6. The van der Waals surface area contributed by atoms with Gasteiger partial charge in [0.2, 0.25) is 18.1 Å². The van der Waals surface area contributed by atoms with Gasteiger partial charge in [-0.25, -0.2) is 0 Å². The molecule has 0 saturated carbocycles. The number of hydrogen-bond donors (Lipinski definition) is 1. The molecular weight excluding hydrogens is 338 g/mol. The maximum absolute atomic E-state index is 12.6. The van der Waals surface area contributed by atoms with E-state index in [1.807, 2.05) is 0 Å². The van der Waals surface area contributed by atoms with Crippen LogP contribution in [0.3, 0.4) is 0 Å². The zero-order chi connectivity index (χ0) is 18.8. The van der Waals surface area contributed by atoms with Crippen molar-refractivity contribution in [2.24, 2.45) is 0 Å². The summed E-state index contributed by atoms with van der Waals surface area (Å²) in [4.78, 5) is 35.6. The molecule has 3 rings (SSSR count). The van der Waals surface area contributed by atoms with Crippen molar-refractivity contribution in [3.8, 4) is 5.75 Å². The van der Waals surface area contributed by atoms with E-state index >= 15 is 0 Å². The van der Waals surface area contributed by atoms with E-state index in [1.54, 1.807) is 36.4 Å².